The second-order valence-electron chi connectivity index (χ2n) is 8.26. The Hall–Kier alpha value is -1.94. The standard InChI is InChI=1S/C20H22F4N2S.C5H10O2.C2H6/c1-12-6-4-8-14(17(12)21)15-9-5-7-13(18(15)22)10-16-19(25-27-3)20(23,24)11-26(16)2;1-7-5-3-2-4-6;1-2/h4-9,16,19,25H,10-11H2,1-3H3;4H,2-3,5H2,1H3;1-2H3. The molecule has 2 aromatic rings. The van der Waals surface area contributed by atoms with Gasteiger partial charge in [-0.3, -0.25) is 9.62 Å². The van der Waals surface area contributed by atoms with Gasteiger partial charge in [0.1, 0.15) is 17.9 Å². The van der Waals surface area contributed by atoms with E-state index in [-0.39, 0.29) is 24.1 Å². The van der Waals surface area contributed by atoms with Gasteiger partial charge in [-0.2, -0.15) is 0 Å². The fourth-order valence-corrected chi connectivity index (χ4v) is 4.57. The summed E-state index contributed by atoms with van der Waals surface area (Å²) >= 11 is 1.13. The Kier molecular flexibility index (Phi) is 14.3. The first-order valence-corrected chi connectivity index (χ1v) is 13.2. The molecule has 0 saturated carbocycles. The lowest BCUT2D eigenvalue weighted by molar-refractivity contribution is -0.108. The molecule has 0 spiro atoms. The minimum absolute atomic E-state index is 0.109. The van der Waals surface area contributed by atoms with Crippen molar-refractivity contribution in [2.75, 3.05) is 33.6 Å². The fraction of sp³-hybridized carbons (Fsp3) is 0.519. The highest BCUT2D eigenvalue weighted by Crippen LogP contribution is 2.36. The van der Waals surface area contributed by atoms with Gasteiger partial charge in [-0.05, 0) is 44.2 Å². The minimum atomic E-state index is -2.90. The van der Waals surface area contributed by atoms with E-state index in [1.54, 1.807) is 56.5 Å². The molecule has 1 fully saturated rings. The molecule has 0 aliphatic carbocycles. The second kappa shape index (κ2) is 16.0. The van der Waals surface area contributed by atoms with E-state index in [4.69, 9.17) is 0 Å². The number of hydrogen-bond acceptors (Lipinski definition) is 5. The van der Waals surface area contributed by atoms with Crippen LogP contribution in [-0.2, 0) is 16.0 Å². The molecule has 1 heterocycles. The van der Waals surface area contributed by atoms with Crippen LogP contribution in [-0.4, -0.2) is 62.8 Å². The summed E-state index contributed by atoms with van der Waals surface area (Å²) in [5.41, 5.74) is 1.06. The summed E-state index contributed by atoms with van der Waals surface area (Å²) in [6.45, 7) is 5.93. The Morgan fingerprint density at radius 3 is 2.33 bits per heavy atom. The highest BCUT2D eigenvalue weighted by atomic mass is 32.2. The van der Waals surface area contributed by atoms with Crippen molar-refractivity contribution in [3.8, 4) is 11.1 Å². The predicted molar refractivity (Wildman–Crippen MR) is 141 cm³/mol. The third-order valence-corrected chi connectivity index (χ3v) is 6.26. The fourth-order valence-electron chi connectivity index (χ4n) is 3.99. The lowest BCUT2D eigenvalue weighted by Crippen LogP contribution is -2.46. The zero-order valence-corrected chi connectivity index (χ0v) is 22.7. The molecule has 202 valence electrons. The van der Waals surface area contributed by atoms with Crippen LogP contribution in [0.25, 0.3) is 11.1 Å². The lowest BCUT2D eigenvalue weighted by atomic mass is 9.94. The smallest absolute Gasteiger partial charge is 0.277 e. The largest absolute Gasteiger partial charge is 0.385 e. The molecule has 4 nitrogen and oxygen atoms in total. The van der Waals surface area contributed by atoms with Crippen molar-refractivity contribution in [3.05, 3.63) is 59.2 Å². The molecule has 0 amide bonds. The van der Waals surface area contributed by atoms with Gasteiger partial charge in [-0.15, -0.1) is 0 Å². The van der Waals surface area contributed by atoms with Crippen LogP contribution in [0.15, 0.2) is 36.4 Å². The first kappa shape index (κ1) is 32.1. The van der Waals surface area contributed by atoms with Gasteiger partial charge in [-0.25, -0.2) is 17.6 Å². The normalized spacial score (nSPS) is 18.6. The quantitative estimate of drug-likeness (QED) is 0.178. The van der Waals surface area contributed by atoms with Crippen LogP contribution in [0.2, 0.25) is 0 Å². The number of likely N-dealkylation sites (N-methyl/N-ethyl adjacent to an activating group) is 1. The number of hydrogen-bond donors (Lipinski definition) is 1. The molecule has 2 atom stereocenters. The average Bonchev–Trinajstić information content (AvgIpc) is 3.07. The summed E-state index contributed by atoms with van der Waals surface area (Å²) in [5.74, 6) is -3.94. The van der Waals surface area contributed by atoms with Crippen LogP contribution in [0.4, 0.5) is 17.6 Å². The number of nitrogens with zero attached hydrogens (tertiary/aromatic N) is 1. The van der Waals surface area contributed by atoms with Crippen LogP contribution < -0.4 is 4.72 Å². The van der Waals surface area contributed by atoms with E-state index in [1.165, 1.54) is 12.1 Å². The Morgan fingerprint density at radius 1 is 1.14 bits per heavy atom. The number of nitrogens with one attached hydrogen (secondary N) is 1. The number of aldehydes is 1. The van der Waals surface area contributed by atoms with Crippen LogP contribution >= 0.6 is 11.9 Å². The van der Waals surface area contributed by atoms with Gasteiger partial charge in [0.25, 0.3) is 5.92 Å². The number of ether oxygens (including phenoxy) is 1. The number of benzene rings is 2. The van der Waals surface area contributed by atoms with Gasteiger partial charge in [0.05, 0.1) is 12.6 Å². The van der Waals surface area contributed by atoms with Gasteiger partial charge in [-0.1, -0.05) is 62.2 Å². The van der Waals surface area contributed by atoms with E-state index in [0.29, 0.717) is 24.2 Å². The van der Waals surface area contributed by atoms with Crippen molar-refractivity contribution >= 4 is 18.2 Å². The Balaban J connectivity index is 0.000000623. The van der Waals surface area contributed by atoms with Gasteiger partial charge >= 0.3 is 0 Å². The first-order valence-electron chi connectivity index (χ1n) is 12.0. The Morgan fingerprint density at radius 2 is 1.75 bits per heavy atom. The molecule has 1 aliphatic rings. The molecular formula is C27H38F4N2O2S. The highest BCUT2D eigenvalue weighted by Gasteiger charge is 2.53. The summed E-state index contributed by atoms with van der Waals surface area (Å²) < 4.78 is 65.6. The van der Waals surface area contributed by atoms with Crippen LogP contribution in [0.5, 0.6) is 0 Å². The molecule has 2 aromatic carbocycles. The number of halogens is 4. The number of aryl methyl sites for hydroxylation is 1. The van der Waals surface area contributed by atoms with Crippen molar-refractivity contribution in [2.45, 2.75) is 58.0 Å². The van der Waals surface area contributed by atoms with Crippen molar-refractivity contribution < 1.29 is 27.1 Å². The maximum Gasteiger partial charge on any atom is 0.277 e. The summed E-state index contributed by atoms with van der Waals surface area (Å²) in [6.07, 6.45) is 4.16. The zero-order chi connectivity index (χ0) is 27.3. The van der Waals surface area contributed by atoms with Crippen LogP contribution in [0.1, 0.15) is 37.8 Å². The van der Waals surface area contributed by atoms with Gasteiger partial charge in [0.2, 0.25) is 0 Å². The third kappa shape index (κ3) is 8.57. The number of carbonyl (C=O) groups is 1. The summed E-state index contributed by atoms with van der Waals surface area (Å²) in [7, 11) is 3.24. The molecular weight excluding hydrogens is 492 g/mol. The van der Waals surface area contributed by atoms with E-state index in [0.717, 1.165) is 24.7 Å². The lowest BCUT2D eigenvalue weighted by Gasteiger charge is -2.26. The van der Waals surface area contributed by atoms with E-state index in [1.807, 2.05) is 13.8 Å². The number of alkyl halides is 2. The monoisotopic (exact) mass is 530 g/mol. The van der Waals surface area contributed by atoms with Crippen molar-refractivity contribution in [1.82, 2.24) is 9.62 Å². The van der Waals surface area contributed by atoms with Crippen molar-refractivity contribution in [1.29, 1.82) is 0 Å². The van der Waals surface area contributed by atoms with E-state index >= 15 is 4.39 Å². The number of unbranched alkanes of at least 4 members (excludes halogenated alkanes) is 1. The third-order valence-electron chi connectivity index (χ3n) is 5.77. The average molecular weight is 531 g/mol. The van der Waals surface area contributed by atoms with Crippen LogP contribution in [0.3, 0.4) is 0 Å². The SMILES string of the molecule is CC.COCCCC=O.CSNC1C(Cc2cccc(-c3cccc(C)c3F)c2F)N(C)CC1(F)F. The number of methoxy groups -OCH3 is 1. The molecule has 0 bridgehead atoms. The molecule has 1 saturated heterocycles. The molecule has 0 radical (unpaired) electrons. The van der Waals surface area contributed by atoms with Crippen molar-refractivity contribution in [3.63, 3.8) is 0 Å². The second-order valence-corrected chi connectivity index (χ2v) is 8.91. The minimum Gasteiger partial charge on any atom is -0.385 e. The molecule has 3 rings (SSSR count). The molecule has 9 heteroatoms. The van der Waals surface area contributed by atoms with E-state index in [2.05, 4.69) is 9.46 Å². The van der Waals surface area contributed by atoms with Gasteiger partial charge in [0.15, 0.2) is 0 Å². The number of likely N-dealkylation sites (tertiary alicyclic amines) is 1. The molecule has 0 aromatic heterocycles. The van der Waals surface area contributed by atoms with Gasteiger partial charge in [0, 0.05) is 37.3 Å². The molecule has 1 N–H and O–H groups in total. The van der Waals surface area contributed by atoms with Crippen molar-refractivity contribution in [2.24, 2.45) is 0 Å². The highest BCUT2D eigenvalue weighted by molar-refractivity contribution is 7.96. The zero-order valence-electron chi connectivity index (χ0n) is 21.9. The molecule has 36 heavy (non-hydrogen) atoms. The Labute approximate surface area is 216 Å². The first-order chi connectivity index (χ1) is 17.2. The predicted octanol–water partition coefficient (Wildman–Crippen LogP) is 6.31. The summed E-state index contributed by atoms with van der Waals surface area (Å²) in [6, 6.07) is 7.89. The molecule has 1 aliphatic heterocycles. The van der Waals surface area contributed by atoms with Crippen LogP contribution in [0, 0.1) is 18.6 Å². The van der Waals surface area contributed by atoms with E-state index < -0.39 is 29.6 Å². The summed E-state index contributed by atoms with van der Waals surface area (Å²) in [4.78, 5) is 11.2. The summed E-state index contributed by atoms with van der Waals surface area (Å²) in [5, 5.41) is 0. The topological polar surface area (TPSA) is 41.6 Å². The number of carbonyl (C=O) groups excluding carboxylic acids is 1. The van der Waals surface area contributed by atoms with Gasteiger partial charge < -0.3 is 9.53 Å². The molecule has 2 unspecified atom stereocenters. The maximum atomic E-state index is 15.2. The number of rotatable bonds is 9. The Bertz CT molecular complexity index is 946. The maximum absolute atomic E-state index is 15.2. The van der Waals surface area contributed by atoms with E-state index in [9.17, 15) is 18.0 Å².